The van der Waals surface area contributed by atoms with Gasteiger partial charge in [-0.1, -0.05) is 45.2 Å². The van der Waals surface area contributed by atoms with E-state index in [-0.39, 0.29) is 12.4 Å². The Morgan fingerprint density at radius 3 is 2.56 bits per heavy atom. The van der Waals surface area contributed by atoms with Gasteiger partial charge < -0.3 is 13.9 Å². The molecule has 0 saturated carbocycles. The second kappa shape index (κ2) is 12.0. The molecule has 1 amide bonds. The third-order valence-corrected chi connectivity index (χ3v) is 7.21. The second-order valence-corrected chi connectivity index (χ2v) is 10.9. The zero-order chi connectivity index (χ0) is 25.8. The van der Waals surface area contributed by atoms with Crippen LogP contribution >= 0.6 is 71.0 Å². The van der Waals surface area contributed by atoms with Crippen LogP contribution in [0, 0.1) is 0 Å². The SMILES string of the molecule is CCOc1cc(/C=N\NC(=O)c2cc3cc(Br)cc(Br)c3o2)c(Br)cc1OCc1ccc(Cl)cc1Cl. The summed E-state index contributed by atoms with van der Waals surface area (Å²) in [4.78, 5) is 12.6. The third kappa shape index (κ3) is 6.44. The molecule has 4 aromatic rings. The molecule has 0 saturated heterocycles. The number of nitrogens with one attached hydrogen (secondary N) is 1. The lowest BCUT2D eigenvalue weighted by Crippen LogP contribution is -2.16. The number of nitrogens with zero attached hydrogens (tertiary/aromatic N) is 1. The van der Waals surface area contributed by atoms with E-state index in [9.17, 15) is 4.79 Å². The smallest absolute Gasteiger partial charge is 0.307 e. The van der Waals surface area contributed by atoms with Crippen LogP contribution in [-0.4, -0.2) is 18.7 Å². The Bertz CT molecular complexity index is 1470. The van der Waals surface area contributed by atoms with Crippen LogP contribution < -0.4 is 14.9 Å². The van der Waals surface area contributed by atoms with Gasteiger partial charge >= 0.3 is 5.91 Å². The number of furan rings is 1. The van der Waals surface area contributed by atoms with E-state index in [0.29, 0.717) is 43.8 Å². The largest absolute Gasteiger partial charge is 0.490 e. The van der Waals surface area contributed by atoms with Crippen molar-refractivity contribution in [1.29, 1.82) is 0 Å². The number of fused-ring (bicyclic) bond motifs is 1. The van der Waals surface area contributed by atoms with Crippen molar-refractivity contribution in [1.82, 2.24) is 5.43 Å². The number of carbonyl (C=O) groups excluding carboxylic acids is 1. The molecule has 4 rings (SSSR count). The van der Waals surface area contributed by atoms with Gasteiger partial charge in [0.1, 0.15) is 12.2 Å². The zero-order valence-electron chi connectivity index (χ0n) is 18.6. The summed E-state index contributed by atoms with van der Waals surface area (Å²) in [6, 6.07) is 14.1. The number of hydrogen-bond donors (Lipinski definition) is 1. The normalized spacial score (nSPS) is 11.3. The molecule has 0 aliphatic rings. The topological polar surface area (TPSA) is 73.1 Å². The lowest BCUT2D eigenvalue weighted by atomic mass is 10.2. The number of amides is 1. The van der Waals surface area contributed by atoms with Crippen molar-refractivity contribution in [3.63, 3.8) is 0 Å². The summed E-state index contributed by atoms with van der Waals surface area (Å²) in [5.74, 6) is 0.701. The number of hydrazone groups is 1. The van der Waals surface area contributed by atoms with Gasteiger partial charge in [-0.3, -0.25) is 4.79 Å². The van der Waals surface area contributed by atoms with Gasteiger partial charge in [0.25, 0.3) is 0 Å². The van der Waals surface area contributed by atoms with Crippen LogP contribution in [-0.2, 0) is 6.61 Å². The molecule has 36 heavy (non-hydrogen) atoms. The molecule has 6 nitrogen and oxygen atoms in total. The van der Waals surface area contributed by atoms with Gasteiger partial charge in [-0.05, 0) is 81.2 Å². The highest BCUT2D eigenvalue weighted by molar-refractivity contribution is 9.11. The van der Waals surface area contributed by atoms with E-state index in [1.807, 2.05) is 25.1 Å². The van der Waals surface area contributed by atoms with Gasteiger partial charge in [-0.25, -0.2) is 5.43 Å². The summed E-state index contributed by atoms with van der Waals surface area (Å²) in [7, 11) is 0. The summed E-state index contributed by atoms with van der Waals surface area (Å²) in [6.07, 6.45) is 1.50. The number of hydrogen-bond acceptors (Lipinski definition) is 5. The lowest BCUT2D eigenvalue weighted by Gasteiger charge is -2.14. The molecular weight excluding hydrogens is 703 g/mol. The Morgan fingerprint density at radius 2 is 1.81 bits per heavy atom. The molecule has 0 aliphatic heterocycles. The summed E-state index contributed by atoms with van der Waals surface area (Å²) >= 11 is 22.6. The molecule has 0 radical (unpaired) electrons. The van der Waals surface area contributed by atoms with Crippen LogP contribution in [0.15, 0.2) is 71.5 Å². The number of rotatable bonds is 8. The molecule has 1 N–H and O–H groups in total. The summed E-state index contributed by atoms with van der Waals surface area (Å²) < 4.78 is 19.7. The molecule has 3 aromatic carbocycles. The summed E-state index contributed by atoms with van der Waals surface area (Å²) in [5, 5.41) is 5.93. The average Bonchev–Trinajstić information content (AvgIpc) is 3.25. The van der Waals surface area contributed by atoms with E-state index in [2.05, 4.69) is 58.3 Å². The molecule has 0 unspecified atom stereocenters. The van der Waals surface area contributed by atoms with Crippen molar-refractivity contribution in [3.05, 3.63) is 88.9 Å². The summed E-state index contributed by atoms with van der Waals surface area (Å²) in [5.41, 5.74) is 4.52. The number of carbonyl (C=O) groups is 1. The minimum atomic E-state index is -0.480. The van der Waals surface area contributed by atoms with Crippen molar-refractivity contribution in [3.8, 4) is 11.5 Å². The van der Waals surface area contributed by atoms with Crippen molar-refractivity contribution in [2.45, 2.75) is 13.5 Å². The van der Waals surface area contributed by atoms with Crippen LogP contribution in [0.25, 0.3) is 11.0 Å². The first-order valence-electron chi connectivity index (χ1n) is 10.5. The highest BCUT2D eigenvalue weighted by atomic mass is 79.9. The molecule has 1 heterocycles. The third-order valence-electron chi connectivity index (χ3n) is 4.89. The van der Waals surface area contributed by atoms with Crippen molar-refractivity contribution < 1.29 is 18.7 Å². The standard InChI is InChI=1S/C25H17Br3Cl2N2O4/c1-2-34-21-7-15(18(27)10-22(21)35-12-13-3-4-17(29)9-20(13)30)11-31-32-25(33)23-6-14-5-16(26)8-19(28)24(14)36-23/h3-11H,2,12H2,1H3,(H,32,33)/b31-11-. The van der Waals surface area contributed by atoms with Crippen molar-refractivity contribution in [2.75, 3.05) is 6.61 Å². The van der Waals surface area contributed by atoms with E-state index in [4.69, 9.17) is 37.1 Å². The maximum atomic E-state index is 12.6. The number of benzene rings is 3. The molecule has 0 bridgehead atoms. The van der Waals surface area contributed by atoms with E-state index in [1.165, 1.54) is 6.21 Å². The highest BCUT2D eigenvalue weighted by Gasteiger charge is 2.15. The zero-order valence-corrected chi connectivity index (χ0v) is 24.9. The van der Waals surface area contributed by atoms with E-state index in [0.717, 1.165) is 19.9 Å². The fourth-order valence-electron chi connectivity index (χ4n) is 3.23. The maximum Gasteiger partial charge on any atom is 0.307 e. The highest BCUT2D eigenvalue weighted by Crippen LogP contribution is 2.35. The monoisotopic (exact) mass is 716 g/mol. The Hall–Kier alpha value is -2.04. The first-order valence-corrected chi connectivity index (χ1v) is 13.6. The first kappa shape index (κ1) is 27.0. The van der Waals surface area contributed by atoms with Crippen molar-refractivity contribution >= 4 is 94.1 Å². The number of halogens is 5. The van der Waals surface area contributed by atoms with Gasteiger partial charge in [-0.2, -0.15) is 5.10 Å². The van der Waals surface area contributed by atoms with Gasteiger partial charge in [0.05, 0.1) is 17.3 Å². The lowest BCUT2D eigenvalue weighted by molar-refractivity contribution is 0.0929. The minimum absolute atomic E-state index is 0.139. The Balaban J connectivity index is 1.48. The Morgan fingerprint density at radius 1 is 1.03 bits per heavy atom. The molecule has 11 heteroatoms. The van der Waals surface area contributed by atoms with Crippen LogP contribution in [0.5, 0.6) is 11.5 Å². The number of ether oxygens (including phenoxy) is 2. The molecule has 0 aliphatic carbocycles. The Labute approximate surface area is 242 Å². The van der Waals surface area contributed by atoms with Crippen LogP contribution in [0.4, 0.5) is 0 Å². The average molecular weight is 720 g/mol. The van der Waals surface area contributed by atoms with Gasteiger partial charge in [0.2, 0.25) is 0 Å². The quantitative estimate of drug-likeness (QED) is 0.146. The first-order chi connectivity index (χ1) is 17.2. The summed E-state index contributed by atoms with van der Waals surface area (Å²) in [6.45, 7) is 2.54. The minimum Gasteiger partial charge on any atom is -0.490 e. The fourth-order valence-corrected chi connectivity index (χ4v) is 5.46. The molecule has 186 valence electrons. The van der Waals surface area contributed by atoms with E-state index < -0.39 is 5.91 Å². The molecule has 1 aromatic heterocycles. The molecule has 0 atom stereocenters. The second-order valence-electron chi connectivity index (χ2n) is 7.39. The van der Waals surface area contributed by atoms with Gasteiger partial charge in [0.15, 0.2) is 17.3 Å². The van der Waals surface area contributed by atoms with Crippen LogP contribution in [0.2, 0.25) is 10.0 Å². The predicted molar refractivity (Wildman–Crippen MR) is 153 cm³/mol. The molecule has 0 fully saturated rings. The molecular formula is C25H17Br3Cl2N2O4. The van der Waals surface area contributed by atoms with Gasteiger partial charge in [0, 0.05) is 35.5 Å². The molecule has 0 spiro atoms. The van der Waals surface area contributed by atoms with E-state index in [1.54, 1.807) is 30.3 Å². The predicted octanol–water partition coefficient (Wildman–Crippen LogP) is 8.77. The van der Waals surface area contributed by atoms with E-state index >= 15 is 0 Å². The van der Waals surface area contributed by atoms with Crippen LogP contribution in [0.3, 0.4) is 0 Å². The van der Waals surface area contributed by atoms with Crippen molar-refractivity contribution in [2.24, 2.45) is 5.10 Å². The fraction of sp³-hybridized carbons (Fsp3) is 0.120. The Kier molecular flexibility index (Phi) is 9.00. The maximum absolute atomic E-state index is 12.6. The van der Waals surface area contributed by atoms with Gasteiger partial charge in [-0.15, -0.1) is 0 Å². The van der Waals surface area contributed by atoms with Crippen LogP contribution in [0.1, 0.15) is 28.6 Å².